The molecule has 0 amide bonds. The second-order valence-electron chi connectivity index (χ2n) is 2.27. The highest BCUT2D eigenvalue weighted by Gasteiger charge is 1.99. The fourth-order valence-corrected chi connectivity index (χ4v) is 1.47. The number of hydrogen-bond donors (Lipinski definition) is 1. The van der Waals surface area contributed by atoms with Crippen LogP contribution in [0.1, 0.15) is 5.01 Å². The number of rotatable bonds is 2. The van der Waals surface area contributed by atoms with Gasteiger partial charge in [-0.15, -0.1) is 16.4 Å². The van der Waals surface area contributed by atoms with Gasteiger partial charge in [-0.25, -0.2) is 9.67 Å². The Morgan fingerprint density at radius 3 is 3.08 bits per heavy atom. The van der Waals surface area contributed by atoms with E-state index in [0.29, 0.717) is 12.4 Å². The van der Waals surface area contributed by atoms with E-state index in [0.717, 1.165) is 5.01 Å². The SMILES string of the molecule is Nc1cn(Cc2nccs2)nn1. The third-order valence-electron chi connectivity index (χ3n) is 1.34. The zero-order valence-electron chi connectivity index (χ0n) is 6.21. The van der Waals surface area contributed by atoms with Gasteiger partial charge in [0, 0.05) is 11.6 Å². The summed E-state index contributed by atoms with van der Waals surface area (Å²) >= 11 is 1.59. The van der Waals surface area contributed by atoms with Crippen LogP contribution in [-0.4, -0.2) is 20.0 Å². The van der Waals surface area contributed by atoms with Gasteiger partial charge >= 0.3 is 0 Å². The monoisotopic (exact) mass is 181 g/mol. The molecule has 0 atom stereocenters. The van der Waals surface area contributed by atoms with Gasteiger partial charge in [0.15, 0.2) is 5.82 Å². The summed E-state index contributed by atoms with van der Waals surface area (Å²) in [6.45, 7) is 0.641. The number of thiazole rings is 1. The summed E-state index contributed by atoms with van der Waals surface area (Å²) < 4.78 is 1.66. The van der Waals surface area contributed by atoms with Crippen LogP contribution in [0.3, 0.4) is 0 Å². The summed E-state index contributed by atoms with van der Waals surface area (Å²) in [6.07, 6.45) is 3.45. The van der Waals surface area contributed by atoms with E-state index in [4.69, 9.17) is 5.73 Å². The molecule has 12 heavy (non-hydrogen) atoms. The first-order chi connectivity index (χ1) is 5.84. The van der Waals surface area contributed by atoms with Crippen molar-refractivity contribution >= 4 is 17.2 Å². The van der Waals surface area contributed by atoms with Crippen molar-refractivity contribution in [1.82, 2.24) is 20.0 Å². The average Bonchev–Trinajstić information content (AvgIpc) is 2.63. The van der Waals surface area contributed by atoms with E-state index in [1.165, 1.54) is 0 Å². The van der Waals surface area contributed by atoms with E-state index in [1.807, 2.05) is 5.38 Å². The van der Waals surface area contributed by atoms with Gasteiger partial charge in [0.2, 0.25) is 0 Å². The van der Waals surface area contributed by atoms with Crippen LogP contribution in [-0.2, 0) is 6.54 Å². The molecule has 0 saturated carbocycles. The van der Waals surface area contributed by atoms with Crippen LogP contribution in [0, 0.1) is 0 Å². The molecule has 0 aliphatic heterocycles. The van der Waals surface area contributed by atoms with Crippen molar-refractivity contribution < 1.29 is 0 Å². The number of aromatic nitrogens is 4. The molecule has 2 aromatic heterocycles. The van der Waals surface area contributed by atoms with Gasteiger partial charge in [-0.05, 0) is 0 Å². The highest BCUT2D eigenvalue weighted by molar-refractivity contribution is 7.09. The lowest BCUT2D eigenvalue weighted by Crippen LogP contribution is -1.99. The van der Waals surface area contributed by atoms with Crippen LogP contribution in [0.4, 0.5) is 5.82 Å². The van der Waals surface area contributed by atoms with E-state index < -0.39 is 0 Å². The van der Waals surface area contributed by atoms with Crippen LogP contribution in [0.25, 0.3) is 0 Å². The third-order valence-corrected chi connectivity index (χ3v) is 2.10. The Morgan fingerprint density at radius 1 is 1.58 bits per heavy atom. The lowest BCUT2D eigenvalue weighted by Gasteiger charge is -1.92. The lowest BCUT2D eigenvalue weighted by molar-refractivity contribution is 0.647. The number of nitrogen functional groups attached to an aromatic ring is 1. The standard InChI is InChI=1S/C6H7N5S/c7-5-3-11(10-9-5)4-6-8-1-2-12-6/h1-3H,4,7H2. The van der Waals surface area contributed by atoms with Gasteiger partial charge in [0.25, 0.3) is 0 Å². The Morgan fingerprint density at radius 2 is 2.50 bits per heavy atom. The van der Waals surface area contributed by atoms with Crippen molar-refractivity contribution in [3.63, 3.8) is 0 Å². The Bertz CT molecular complexity index is 352. The van der Waals surface area contributed by atoms with Crippen LogP contribution in [0.2, 0.25) is 0 Å². The fraction of sp³-hybridized carbons (Fsp3) is 0.167. The minimum atomic E-state index is 0.437. The topological polar surface area (TPSA) is 69.6 Å². The van der Waals surface area contributed by atoms with Gasteiger partial charge in [-0.2, -0.15) is 0 Å². The highest BCUT2D eigenvalue weighted by Crippen LogP contribution is 2.05. The van der Waals surface area contributed by atoms with Crippen molar-refractivity contribution in [3.05, 3.63) is 22.8 Å². The molecular weight excluding hydrogens is 174 g/mol. The maximum absolute atomic E-state index is 5.40. The summed E-state index contributed by atoms with van der Waals surface area (Å²) in [6, 6.07) is 0. The number of hydrogen-bond acceptors (Lipinski definition) is 5. The normalized spacial score (nSPS) is 10.3. The average molecular weight is 181 g/mol. The molecule has 0 spiro atoms. The molecule has 2 rings (SSSR count). The molecule has 2 N–H and O–H groups in total. The molecule has 0 aliphatic rings. The molecule has 0 aromatic carbocycles. The Labute approximate surface area is 72.8 Å². The minimum absolute atomic E-state index is 0.437. The lowest BCUT2D eigenvalue weighted by atomic mass is 10.6. The molecule has 0 radical (unpaired) electrons. The van der Waals surface area contributed by atoms with Gasteiger partial charge in [-0.3, -0.25) is 0 Å². The zero-order valence-corrected chi connectivity index (χ0v) is 7.03. The predicted molar refractivity (Wildman–Crippen MR) is 45.7 cm³/mol. The van der Waals surface area contributed by atoms with Crippen LogP contribution in [0.5, 0.6) is 0 Å². The Balaban J connectivity index is 2.14. The van der Waals surface area contributed by atoms with Crippen molar-refractivity contribution in [2.24, 2.45) is 0 Å². The van der Waals surface area contributed by atoms with Crippen LogP contribution in [0.15, 0.2) is 17.8 Å². The number of anilines is 1. The molecule has 0 aliphatic carbocycles. The van der Waals surface area contributed by atoms with Crippen molar-refractivity contribution in [2.75, 3.05) is 5.73 Å². The largest absolute Gasteiger partial charge is 0.381 e. The summed E-state index contributed by atoms with van der Waals surface area (Å²) in [5.74, 6) is 0.437. The minimum Gasteiger partial charge on any atom is -0.381 e. The Hall–Kier alpha value is -1.43. The fourth-order valence-electron chi connectivity index (χ4n) is 0.860. The maximum Gasteiger partial charge on any atom is 0.165 e. The molecular formula is C6H7N5S. The smallest absolute Gasteiger partial charge is 0.165 e. The summed E-state index contributed by atoms with van der Waals surface area (Å²) in [4.78, 5) is 4.11. The van der Waals surface area contributed by atoms with Gasteiger partial charge in [-0.1, -0.05) is 5.21 Å². The molecule has 2 aromatic rings. The Kier molecular flexibility index (Phi) is 1.75. The molecule has 62 valence electrons. The molecule has 0 bridgehead atoms. The zero-order chi connectivity index (χ0) is 8.39. The number of nitrogens with two attached hydrogens (primary N) is 1. The second kappa shape index (κ2) is 2.90. The summed E-state index contributed by atoms with van der Waals surface area (Å²) in [7, 11) is 0. The van der Waals surface area contributed by atoms with Crippen molar-refractivity contribution in [1.29, 1.82) is 0 Å². The molecule has 2 heterocycles. The van der Waals surface area contributed by atoms with Crippen molar-refractivity contribution in [3.8, 4) is 0 Å². The first kappa shape index (κ1) is 7.23. The molecule has 0 unspecified atom stereocenters. The van der Waals surface area contributed by atoms with E-state index >= 15 is 0 Å². The first-order valence-electron chi connectivity index (χ1n) is 3.38. The first-order valence-corrected chi connectivity index (χ1v) is 4.26. The summed E-state index contributed by atoms with van der Waals surface area (Å²) in [5.41, 5.74) is 5.40. The quantitative estimate of drug-likeness (QED) is 0.726. The summed E-state index contributed by atoms with van der Waals surface area (Å²) in [5, 5.41) is 10.4. The van der Waals surface area contributed by atoms with E-state index in [2.05, 4.69) is 15.3 Å². The molecule has 0 saturated heterocycles. The maximum atomic E-state index is 5.40. The van der Waals surface area contributed by atoms with Gasteiger partial charge in [0.1, 0.15) is 5.01 Å². The molecule has 0 fully saturated rings. The molecule has 6 heteroatoms. The third kappa shape index (κ3) is 1.42. The second-order valence-corrected chi connectivity index (χ2v) is 3.25. The number of nitrogens with zero attached hydrogens (tertiary/aromatic N) is 4. The molecule has 5 nitrogen and oxygen atoms in total. The van der Waals surface area contributed by atoms with Crippen LogP contribution < -0.4 is 5.73 Å². The van der Waals surface area contributed by atoms with Crippen LogP contribution >= 0.6 is 11.3 Å². The van der Waals surface area contributed by atoms with Gasteiger partial charge in [0.05, 0.1) is 12.7 Å². The van der Waals surface area contributed by atoms with E-state index in [1.54, 1.807) is 28.4 Å². The predicted octanol–water partition coefficient (Wildman–Crippen LogP) is 0.365. The van der Waals surface area contributed by atoms with Crippen molar-refractivity contribution in [2.45, 2.75) is 6.54 Å². The van der Waals surface area contributed by atoms with Gasteiger partial charge < -0.3 is 5.73 Å². The van der Waals surface area contributed by atoms with E-state index in [-0.39, 0.29) is 0 Å². The van der Waals surface area contributed by atoms with E-state index in [9.17, 15) is 0 Å². The highest BCUT2D eigenvalue weighted by atomic mass is 32.1.